The van der Waals surface area contributed by atoms with Crippen molar-refractivity contribution >= 4 is 43.1 Å². The van der Waals surface area contributed by atoms with Gasteiger partial charge in [0.1, 0.15) is 0 Å². The van der Waals surface area contributed by atoms with Crippen LogP contribution < -0.4 is 0 Å². The third-order valence-electron chi connectivity index (χ3n) is 6.91. The molecule has 0 nitrogen and oxygen atoms in total. The van der Waals surface area contributed by atoms with Crippen LogP contribution in [0.3, 0.4) is 0 Å². The molecule has 0 heteroatoms. The van der Waals surface area contributed by atoms with Crippen molar-refractivity contribution in [1.82, 2.24) is 0 Å². The molecule has 0 N–H and O–H groups in total. The lowest BCUT2D eigenvalue weighted by Gasteiger charge is -2.15. The van der Waals surface area contributed by atoms with Gasteiger partial charge in [0.2, 0.25) is 0 Å². The number of hydrogen-bond donors (Lipinski definition) is 0. The van der Waals surface area contributed by atoms with Gasteiger partial charge in [-0.2, -0.15) is 0 Å². The van der Waals surface area contributed by atoms with E-state index < -0.39 is 0 Å². The maximum Gasteiger partial charge on any atom is -0.00201 e. The maximum absolute atomic E-state index is 3.59. The zero-order valence-electron chi connectivity index (χ0n) is 18.6. The van der Waals surface area contributed by atoms with Crippen LogP contribution in [-0.2, 0) is 0 Å². The van der Waals surface area contributed by atoms with Gasteiger partial charge in [-0.25, -0.2) is 0 Å². The minimum atomic E-state index is 1.14. The summed E-state index contributed by atoms with van der Waals surface area (Å²) in [6.07, 6.45) is 0. The Morgan fingerprint density at radius 1 is 0.353 bits per heavy atom. The molecular formula is C34H21. The topological polar surface area (TPSA) is 0 Å². The van der Waals surface area contributed by atoms with Crippen molar-refractivity contribution in [1.29, 1.82) is 0 Å². The Morgan fingerprint density at radius 3 is 1.44 bits per heavy atom. The smallest absolute Gasteiger partial charge is 0.00201 e. The van der Waals surface area contributed by atoms with Gasteiger partial charge in [-0.05, 0) is 95.7 Å². The van der Waals surface area contributed by atoms with Gasteiger partial charge in [-0.15, -0.1) is 0 Å². The van der Waals surface area contributed by atoms with E-state index in [4.69, 9.17) is 0 Å². The van der Waals surface area contributed by atoms with Crippen LogP contribution in [0.5, 0.6) is 0 Å². The van der Waals surface area contributed by atoms with Crippen molar-refractivity contribution in [3.63, 3.8) is 0 Å². The van der Waals surface area contributed by atoms with E-state index in [1.807, 2.05) is 6.07 Å². The molecule has 7 aromatic rings. The Bertz CT molecular complexity index is 1720. The Kier molecular flexibility index (Phi) is 4.25. The van der Waals surface area contributed by atoms with E-state index in [0.717, 1.165) is 5.56 Å². The highest BCUT2D eigenvalue weighted by Crippen LogP contribution is 2.40. The van der Waals surface area contributed by atoms with Crippen molar-refractivity contribution in [3.8, 4) is 22.3 Å². The summed E-state index contributed by atoms with van der Waals surface area (Å²) in [6, 6.07) is 49.6. The summed E-state index contributed by atoms with van der Waals surface area (Å²) in [4.78, 5) is 0. The predicted octanol–water partition coefficient (Wildman–Crippen LogP) is 9.43. The monoisotopic (exact) mass is 429 g/mol. The van der Waals surface area contributed by atoms with E-state index in [1.54, 1.807) is 0 Å². The molecule has 0 spiro atoms. The third kappa shape index (κ3) is 3.00. The van der Waals surface area contributed by atoms with Gasteiger partial charge in [-0.3, -0.25) is 0 Å². The normalized spacial score (nSPS) is 11.5. The molecule has 0 atom stereocenters. The van der Waals surface area contributed by atoms with Gasteiger partial charge in [0.25, 0.3) is 0 Å². The Morgan fingerprint density at radius 2 is 0.824 bits per heavy atom. The van der Waals surface area contributed by atoms with Crippen LogP contribution in [0.1, 0.15) is 0 Å². The molecule has 0 fully saturated rings. The van der Waals surface area contributed by atoms with Gasteiger partial charge in [-0.1, -0.05) is 103 Å². The van der Waals surface area contributed by atoms with Crippen LogP contribution in [0, 0.1) is 6.07 Å². The summed E-state index contributed by atoms with van der Waals surface area (Å²) in [5, 5.41) is 10.1. The highest BCUT2D eigenvalue weighted by Gasteiger charge is 2.13. The molecule has 0 aliphatic carbocycles. The average molecular weight is 430 g/mol. The van der Waals surface area contributed by atoms with Crippen LogP contribution in [0.15, 0.2) is 127 Å². The quantitative estimate of drug-likeness (QED) is 0.240. The van der Waals surface area contributed by atoms with Crippen LogP contribution in [0.2, 0.25) is 0 Å². The lowest BCUT2D eigenvalue weighted by Crippen LogP contribution is -1.89. The van der Waals surface area contributed by atoms with E-state index in [2.05, 4.69) is 127 Å². The van der Waals surface area contributed by atoms with E-state index in [1.165, 1.54) is 59.8 Å². The fourth-order valence-electron chi connectivity index (χ4n) is 5.27. The first-order chi connectivity index (χ1) is 16.8. The first kappa shape index (κ1) is 19.1. The van der Waals surface area contributed by atoms with Gasteiger partial charge in [0.15, 0.2) is 0 Å². The second-order valence-corrected chi connectivity index (χ2v) is 8.91. The van der Waals surface area contributed by atoms with E-state index in [-0.39, 0.29) is 0 Å². The van der Waals surface area contributed by atoms with Crippen LogP contribution >= 0.6 is 0 Å². The number of rotatable bonds is 2. The fraction of sp³-hybridized carbons (Fsp3) is 0. The molecule has 157 valence electrons. The number of hydrogen-bond acceptors (Lipinski definition) is 0. The molecular weight excluding hydrogens is 408 g/mol. The van der Waals surface area contributed by atoms with E-state index >= 15 is 0 Å². The summed E-state index contributed by atoms with van der Waals surface area (Å²) in [5.74, 6) is 0. The molecule has 0 heterocycles. The zero-order valence-corrected chi connectivity index (χ0v) is 18.6. The molecule has 0 unspecified atom stereocenters. The van der Waals surface area contributed by atoms with Gasteiger partial charge in [0.05, 0.1) is 0 Å². The second-order valence-electron chi connectivity index (χ2n) is 8.91. The fourth-order valence-corrected chi connectivity index (χ4v) is 5.27. The van der Waals surface area contributed by atoms with Crippen molar-refractivity contribution in [2.45, 2.75) is 0 Å². The largest absolute Gasteiger partial charge is 0.0616 e. The van der Waals surface area contributed by atoms with E-state index in [0.29, 0.717) is 0 Å². The Balaban J connectivity index is 1.52. The van der Waals surface area contributed by atoms with Crippen LogP contribution in [-0.4, -0.2) is 0 Å². The highest BCUT2D eigenvalue weighted by molar-refractivity contribution is 6.10. The summed E-state index contributed by atoms with van der Waals surface area (Å²) < 4.78 is 0. The SMILES string of the molecule is [c]1cccc(-c2cccc3cc4ccccc4cc23)c1-c1cccc2cc3ccccc3cc12. The number of fused-ring (bicyclic) bond motifs is 4. The molecule has 0 aliphatic rings. The lowest BCUT2D eigenvalue weighted by atomic mass is 9.88. The highest BCUT2D eigenvalue weighted by atomic mass is 14.2. The molecule has 34 heavy (non-hydrogen) atoms. The third-order valence-corrected chi connectivity index (χ3v) is 6.91. The maximum atomic E-state index is 3.59. The van der Waals surface area contributed by atoms with Crippen molar-refractivity contribution in [2.75, 3.05) is 0 Å². The molecule has 0 saturated carbocycles. The van der Waals surface area contributed by atoms with Crippen molar-refractivity contribution in [3.05, 3.63) is 133 Å². The average Bonchev–Trinajstić information content (AvgIpc) is 2.90. The Labute approximate surface area is 198 Å². The minimum Gasteiger partial charge on any atom is -0.0616 e. The van der Waals surface area contributed by atoms with Crippen LogP contribution in [0.4, 0.5) is 0 Å². The minimum absolute atomic E-state index is 1.14. The Hall–Kier alpha value is -4.42. The van der Waals surface area contributed by atoms with Crippen LogP contribution in [0.25, 0.3) is 65.3 Å². The molecule has 0 saturated heterocycles. The first-order valence-corrected chi connectivity index (χ1v) is 11.7. The predicted molar refractivity (Wildman–Crippen MR) is 146 cm³/mol. The van der Waals surface area contributed by atoms with E-state index in [9.17, 15) is 0 Å². The molecule has 7 aromatic carbocycles. The molecule has 1 radical (unpaired) electrons. The van der Waals surface area contributed by atoms with Gasteiger partial charge < -0.3 is 0 Å². The zero-order chi connectivity index (χ0) is 22.5. The summed E-state index contributed by atoms with van der Waals surface area (Å²) in [5.41, 5.74) is 4.82. The van der Waals surface area contributed by atoms with Crippen molar-refractivity contribution < 1.29 is 0 Å². The second kappa shape index (κ2) is 7.57. The molecule has 0 aliphatic heterocycles. The molecule has 0 aromatic heterocycles. The summed E-state index contributed by atoms with van der Waals surface area (Å²) in [6.45, 7) is 0. The lowest BCUT2D eigenvalue weighted by molar-refractivity contribution is 1.62. The molecule has 0 bridgehead atoms. The molecule has 7 rings (SSSR count). The van der Waals surface area contributed by atoms with Crippen molar-refractivity contribution in [2.24, 2.45) is 0 Å². The number of benzene rings is 7. The molecule has 0 amide bonds. The van der Waals surface area contributed by atoms with Gasteiger partial charge >= 0.3 is 0 Å². The first-order valence-electron chi connectivity index (χ1n) is 11.7. The van der Waals surface area contributed by atoms with Gasteiger partial charge in [0, 0.05) is 0 Å². The summed E-state index contributed by atoms with van der Waals surface area (Å²) >= 11 is 0. The summed E-state index contributed by atoms with van der Waals surface area (Å²) in [7, 11) is 0. The standard InChI is InChI=1S/C34H21/c1-3-11-25-21-33-27(19-23(25)9-1)13-7-17-31(33)29-15-5-6-16-30(29)32-18-8-14-28-20-24-10-2-4-12-26(24)22-34(28)32/h1-15,17-22H.